The van der Waals surface area contributed by atoms with Gasteiger partial charge in [-0.1, -0.05) is 0 Å². The summed E-state index contributed by atoms with van der Waals surface area (Å²) in [5.74, 6) is -0.714. The van der Waals surface area contributed by atoms with Crippen molar-refractivity contribution in [3.8, 4) is 0 Å². The maximum atomic E-state index is 13.2. The number of aryl methyl sites for hydroxylation is 1. The largest absolute Gasteiger partial charge is 0.396 e. The van der Waals surface area contributed by atoms with Crippen molar-refractivity contribution >= 4 is 54.7 Å². The number of hydrogen-bond acceptors (Lipinski definition) is 3. The lowest BCUT2D eigenvalue weighted by Crippen LogP contribution is -2.03. The molecule has 6 heteroatoms. The first-order valence-corrected chi connectivity index (χ1v) is 7.35. The van der Waals surface area contributed by atoms with E-state index in [9.17, 15) is 9.18 Å². The van der Waals surface area contributed by atoms with Crippen molar-refractivity contribution in [3.63, 3.8) is 0 Å². The highest BCUT2D eigenvalue weighted by Gasteiger charge is 2.18. The van der Waals surface area contributed by atoms with Crippen molar-refractivity contribution in [1.82, 2.24) is 0 Å². The van der Waals surface area contributed by atoms with E-state index in [1.807, 2.05) is 6.92 Å². The first-order valence-electron chi connectivity index (χ1n) is 4.95. The van der Waals surface area contributed by atoms with E-state index < -0.39 is 5.82 Å². The summed E-state index contributed by atoms with van der Waals surface area (Å²) in [6, 6.07) is 4.32. The molecule has 2 nitrogen and oxygen atoms in total. The molecule has 0 bridgehead atoms. The number of carbonyl (C=O) groups excluding carboxylic acids is 1. The summed E-state index contributed by atoms with van der Waals surface area (Å²) in [5.41, 5.74) is 5.82. The molecular weight excluding hydrogens is 385 g/mol. The monoisotopic (exact) mass is 391 g/mol. The molecule has 0 saturated heterocycles. The molecule has 0 amide bonds. The Morgan fingerprint density at radius 2 is 1.94 bits per heavy atom. The highest BCUT2D eigenvalue weighted by atomic mass is 79.9. The lowest BCUT2D eigenvalue weighted by Gasteiger charge is -2.04. The predicted molar refractivity (Wildman–Crippen MR) is 78.7 cm³/mol. The van der Waals surface area contributed by atoms with Crippen molar-refractivity contribution in [2.24, 2.45) is 0 Å². The Hall–Kier alpha value is -0.720. The van der Waals surface area contributed by atoms with Crippen molar-refractivity contribution in [2.45, 2.75) is 6.92 Å². The van der Waals surface area contributed by atoms with E-state index in [4.69, 9.17) is 5.73 Å². The Morgan fingerprint density at radius 3 is 2.50 bits per heavy atom. The molecule has 0 aliphatic carbocycles. The molecule has 1 aromatic carbocycles. The summed E-state index contributed by atoms with van der Waals surface area (Å²) < 4.78 is 14.5. The van der Waals surface area contributed by atoms with Crippen LogP contribution in [0.2, 0.25) is 0 Å². The highest BCUT2D eigenvalue weighted by molar-refractivity contribution is 9.10. The molecule has 0 spiro atoms. The molecular formula is C12H8Br2FNOS. The Balaban J connectivity index is 2.49. The first kappa shape index (κ1) is 13.7. The van der Waals surface area contributed by atoms with Crippen LogP contribution in [0.15, 0.2) is 27.1 Å². The second-order valence-corrected chi connectivity index (χ2v) is 6.66. The van der Waals surface area contributed by atoms with Crippen LogP contribution in [0, 0.1) is 12.7 Å². The fourth-order valence-electron chi connectivity index (χ4n) is 1.44. The summed E-state index contributed by atoms with van der Waals surface area (Å²) in [4.78, 5) is 13.9. The number of nitrogen functional groups attached to an aromatic ring is 1. The third kappa shape index (κ3) is 2.50. The van der Waals surface area contributed by atoms with Gasteiger partial charge in [-0.3, -0.25) is 4.79 Å². The van der Waals surface area contributed by atoms with Crippen LogP contribution in [0.3, 0.4) is 0 Å². The predicted octanol–water partition coefficient (Wildman–Crippen LogP) is 4.53. The number of carbonyl (C=O) groups is 1. The first-order chi connectivity index (χ1) is 8.40. The minimum absolute atomic E-state index is 0.0334. The van der Waals surface area contributed by atoms with Crippen LogP contribution < -0.4 is 5.73 Å². The number of anilines is 1. The Kier molecular flexibility index (Phi) is 3.89. The van der Waals surface area contributed by atoms with E-state index in [1.165, 1.54) is 23.5 Å². The van der Waals surface area contributed by atoms with E-state index >= 15 is 0 Å². The number of hydrogen-bond donors (Lipinski definition) is 1. The lowest BCUT2D eigenvalue weighted by molar-refractivity contribution is 0.104. The molecule has 2 aromatic rings. The van der Waals surface area contributed by atoms with Gasteiger partial charge in [-0.15, -0.1) is 11.3 Å². The molecule has 94 valence electrons. The van der Waals surface area contributed by atoms with Gasteiger partial charge in [0.25, 0.3) is 0 Å². The van der Waals surface area contributed by atoms with E-state index in [-0.39, 0.29) is 11.5 Å². The van der Waals surface area contributed by atoms with Gasteiger partial charge < -0.3 is 5.73 Å². The summed E-state index contributed by atoms with van der Waals surface area (Å²) >= 11 is 7.93. The quantitative estimate of drug-likeness (QED) is 0.602. The third-order valence-electron chi connectivity index (χ3n) is 2.41. The van der Waals surface area contributed by atoms with Crippen LogP contribution in [0.5, 0.6) is 0 Å². The van der Waals surface area contributed by atoms with Crippen LogP contribution in [0.1, 0.15) is 20.1 Å². The summed E-state index contributed by atoms with van der Waals surface area (Å²) in [5, 5.41) is 0. The maximum Gasteiger partial charge on any atom is 0.204 e. The van der Waals surface area contributed by atoms with Crippen molar-refractivity contribution in [3.05, 3.63) is 48.3 Å². The molecule has 0 unspecified atom stereocenters. The smallest absolute Gasteiger partial charge is 0.204 e. The molecule has 2 N–H and O–H groups in total. The van der Waals surface area contributed by atoms with Crippen molar-refractivity contribution in [1.29, 1.82) is 0 Å². The number of rotatable bonds is 2. The Labute approximate surface area is 124 Å². The van der Waals surface area contributed by atoms with Gasteiger partial charge in [0.15, 0.2) is 0 Å². The molecule has 0 fully saturated rings. The summed E-state index contributed by atoms with van der Waals surface area (Å²) in [6.07, 6.45) is 0. The average molecular weight is 393 g/mol. The van der Waals surface area contributed by atoms with E-state index in [0.29, 0.717) is 14.9 Å². The Bertz CT molecular complexity index is 620. The molecule has 1 heterocycles. The van der Waals surface area contributed by atoms with Gasteiger partial charge in [0.2, 0.25) is 5.78 Å². The van der Waals surface area contributed by atoms with Crippen molar-refractivity contribution in [2.75, 3.05) is 5.73 Å². The van der Waals surface area contributed by atoms with Gasteiger partial charge in [-0.25, -0.2) is 4.39 Å². The maximum absolute atomic E-state index is 13.2. The average Bonchev–Trinajstić information content (AvgIpc) is 2.63. The number of benzene rings is 1. The molecule has 2 rings (SSSR count). The molecule has 18 heavy (non-hydrogen) atoms. The fraction of sp³-hybridized carbons (Fsp3) is 0.0833. The molecule has 0 aliphatic heterocycles. The second kappa shape index (κ2) is 5.11. The fourth-order valence-corrected chi connectivity index (χ4v) is 3.43. The second-order valence-electron chi connectivity index (χ2n) is 3.70. The lowest BCUT2D eigenvalue weighted by atomic mass is 10.1. The standard InChI is InChI=1S/C12H8Br2FNOS/c1-5-7(13)4-11(18-5)12(17)6-2-10(16)9(15)3-8(6)14/h2-4H,16H2,1H3. The normalized spacial score (nSPS) is 10.7. The van der Waals surface area contributed by atoms with Gasteiger partial charge in [0, 0.05) is 19.4 Å². The van der Waals surface area contributed by atoms with E-state index in [2.05, 4.69) is 31.9 Å². The summed E-state index contributed by atoms with van der Waals surface area (Å²) in [6.45, 7) is 1.92. The van der Waals surface area contributed by atoms with E-state index in [1.54, 1.807) is 6.07 Å². The van der Waals surface area contributed by atoms with Gasteiger partial charge in [0.05, 0.1) is 10.6 Å². The molecule has 0 aliphatic rings. The zero-order valence-electron chi connectivity index (χ0n) is 9.26. The molecule has 0 radical (unpaired) electrons. The van der Waals surface area contributed by atoms with E-state index in [0.717, 1.165) is 9.35 Å². The van der Waals surface area contributed by atoms with Gasteiger partial charge in [0.1, 0.15) is 5.82 Å². The SMILES string of the molecule is Cc1sc(C(=O)c2cc(N)c(F)cc2Br)cc1Br. The minimum Gasteiger partial charge on any atom is -0.396 e. The van der Waals surface area contributed by atoms with Crippen LogP contribution in [0.25, 0.3) is 0 Å². The van der Waals surface area contributed by atoms with Gasteiger partial charge in [-0.2, -0.15) is 0 Å². The third-order valence-corrected chi connectivity index (χ3v) is 5.20. The summed E-state index contributed by atoms with van der Waals surface area (Å²) in [7, 11) is 0. The molecule has 0 atom stereocenters. The number of nitrogens with two attached hydrogens (primary N) is 1. The van der Waals surface area contributed by atoms with Crippen LogP contribution in [0.4, 0.5) is 10.1 Å². The van der Waals surface area contributed by atoms with Crippen molar-refractivity contribution < 1.29 is 9.18 Å². The zero-order valence-corrected chi connectivity index (χ0v) is 13.2. The topological polar surface area (TPSA) is 43.1 Å². The minimum atomic E-state index is -0.540. The molecule has 1 aromatic heterocycles. The van der Waals surface area contributed by atoms with Crippen LogP contribution in [-0.2, 0) is 0 Å². The number of ketones is 1. The zero-order chi connectivity index (χ0) is 13.4. The van der Waals surface area contributed by atoms with Gasteiger partial charge in [-0.05, 0) is 57.0 Å². The number of halogens is 3. The molecule has 0 saturated carbocycles. The van der Waals surface area contributed by atoms with Gasteiger partial charge >= 0.3 is 0 Å². The Morgan fingerprint density at radius 1 is 1.28 bits per heavy atom. The van der Waals surface area contributed by atoms with Crippen LogP contribution >= 0.6 is 43.2 Å². The number of thiophene rings is 1. The highest BCUT2D eigenvalue weighted by Crippen LogP contribution is 2.31. The van der Waals surface area contributed by atoms with Crippen LogP contribution in [-0.4, -0.2) is 5.78 Å².